The number of piperidine rings is 2. The number of nitrogens with zero attached hydrogens (tertiary/aromatic N) is 2. The standard InChI is InChI=1S/C20H29N3O2/c21-18(14-16-6-2-1-3-7-16)20(25)22-12-9-17(10-13-22)15-23-11-5-4-8-19(23)24/h1-3,6-7,17-18H,4-5,8-15,21H2. The summed E-state index contributed by atoms with van der Waals surface area (Å²) in [7, 11) is 0. The van der Waals surface area contributed by atoms with Gasteiger partial charge in [-0.3, -0.25) is 9.59 Å². The van der Waals surface area contributed by atoms with Gasteiger partial charge >= 0.3 is 0 Å². The van der Waals surface area contributed by atoms with Crippen LogP contribution in [0.4, 0.5) is 0 Å². The lowest BCUT2D eigenvalue weighted by molar-refractivity contribution is -0.136. The van der Waals surface area contributed by atoms with Crippen LogP contribution in [0.2, 0.25) is 0 Å². The van der Waals surface area contributed by atoms with Crippen LogP contribution < -0.4 is 5.73 Å². The van der Waals surface area contributed by atoms with E-state index in [-0.39, 0.29) is 5.91 Å². The van der Waals surface area contributed by atoms with Gasteiger partial charge in [0.05, 0.1) is 6.04 Å². The predicted molar refractivity (Wildman–Crippen MR) is 97.9 cm³/mol. The quantitative estimate of drug-likeness (QED) is 0.887. The summed E-state index contributed by atoms with van der Waals surface area (Å²) >= 11 is 0. The molecule has 0 bridgehead atoms. The number of carbonyl (C=O) groups is 2. The van der Waals surface area contributed by atoms with Crippen LogP contribution in [0.1, 0.15) is 37.7 Å². The van der Waals surface area contributed by atoms with Crippen LogP contribution in [0.15, 0.2) is 30.3 Å². The molecular formula is C20H29N3O2. The molecule has 0 saturated carbocycles. The van der Waals surface area contributed by atoms with Crippen molar-refractivity contribution in [1.82, 2.24) is 9.80 Å². The Morgan fingerprint density at radius 2 is 1.84 bits per heavy atom. The molecule has 2 N–H and O–H groups in total. The molecule has 2 heterocycles. The van der Waals surface area contributed by atoms with Crippen LogP contribution in [0.25, 0.3) is 0 Å². The first-order chi connectivity index (χ1) is 12.1. The van der Waals surface area contributed by atoms with Crippen molar-refractivity contribution in [1.29, 1.82) is 0 Å². The Labute approximate surface area is 150 Å². The van der Waals surface area contributed by atoms with E-state index >= 15 is 0 Å². The molecule has 2 amide bonds. The molecule has 3 rings (SSSR count). The van der Waals surface area contributed by atoms with E-state index in [1.54, 1.807) is 0 Å². The molecule has 0 aliphatic carbocycles. The minimum atomic E-state index is -0.470. The van der Waals surface area contributed by atoms with Crippen LogP contribution in [-0.2, 0) is 16.0 Å². The number of carbonyl (C=O) groups excluding carboxylic acids is 2. The van der Waals surface area contributed by atoms with Gasteiger partial charge in [-0.15, -0.1) is 0 Å². The number of hydrogen-bond acceptors (Lipinski definition) is 3. The summed E-state index contributed by atoms with van der Waals surface area (Å²) in [6.07, 6.45) is 5.37. The number of rotatable bonds is 5. The molecule has 1 aromatic rings. The van der Waals surface area contributed by atoms with Gasteiger partial charge in [-0.2, -0.15) is 0 Å². The van der Waals surface area contributed by atoms with Crippen molar-refractivity contribution in [3.8, 4) is 0 Å². The van der Waals surface area contributed by atoms with Gasteiger partial charge in [0.2, 0.25) is 11.8 Å². The van der Waals surface area contributed by atoms with Gasteiger partial charge in [-0.05, 0) is 43.6 Å². The molecule has 1 atom stereocenters. The van der Waals surface area contributed by atoms with E-state index in [4.69, 9.17) is 5.73 Å². The monoisotopic (exact) mass is 343 g/mol. The minimum Gasteiger partial charge on any atom is -0.342 e. The molecule has 2 aliphatic heterocycles. The maximum atomic E-state index is 12.6. The maximum absolute atomic E-state index is 12.6. The number of hydrogen-bond donors (Lipinski definition) is 1. The highest BCUT2D eigenvalue weighted by molar-refractivity contribution is 5.82. The second-order valence-electron chi connectivity index (χ2n) is 7.36. The Morgan fingerprint density at radius 3 is 2.52 bits per heavy atom. The van der Waals surface area contributed by atoms with Crippen LogP contribution in [0.3, 0.4) is 0 Å². The van der Waals surface area contributed by atoms with E-state index < -0.39 is 6.04 Å². The smallest absolute Gasteiger partial charge is 0.239 e. The zero-order chi connectivity index (χ0) is 17.6. The normalized spacial score (nSPS) is 20.6. The number of likely N-dealkylation sites (tertiary alicyclic amines) is 2. The Balaban J connectivity index is 1.45. The molecular weight excluding hydrogens is 314 g/mol. The Kier molecular flexibility index (Phi) is 6.08. The lowest BCUT2D eigenvalue weighted by Crippen LogP contribution is -2.49. The molecule has 0 aromatic heterocycles. The highest BCUT2D eigenvalue weighted by Crippen LogP contribution is 2.21. The second kappa shape index (κ2) is 8.48. The summed E-state index contributed by atoms with van der Waals surface area (Å²) in [6, 6.07) is 9.46. The highest BCUT2D eigenvalue weighted by Gasteiger charge is 2.28. The van der Waals surface area contributed by atoms with Gasteiger partial charge in [0.15, 0.2) is 0 Å². The fourth-order valence-electron chi connectivity index (χ4n) is 3.89. The highest BCUT2D eigenvalue weighted by atomic mass is 16.2. The molecule has 1 unspecified atom stereocenters. The molecule has 0 spiro atoms. The number of benzene rings is 1. The van der Waals surface area contributed by atoms with Crippen molar-refractivity contribution in [2.75, 3.05) is 26.2 Å². The average molecular weight is 343 g/mol. The van der Waals surface area contributed by atoms with Gasteiger partial charge in [0, 0.05) is 32.6 Å². The zero-order valence-corrected chi connectivity index (χ0v) is 14.9. The van der Waals surface area contributed by atoms with Crippen molar-refractivity contribution in [3.05, 3.63) is 35.9 Å². The van der Waals surface area contributed by atoms with Gasteiger partial charge in [0.1, 0.15) is 0 Å². The van der Waals surface area contributed by atoms with Crippen LogP contribution >= 0.6 is 0 Å². The fourth-order valence-corrected chi connectivity index (χ4v) is 3.89. The zero-order valence-electron chi connectivity index (χ0n) is 14.9. The lowest BCUT2D eigenvalue weighted by Gasteiger charge is -2.37. The molecule has 2 saturated heterocycles. The summed E-state index contributed by atoms with van der Waals surface area (Å²) in [5.41, 5.74) is 7.24. The first kappa shape index (κ1) is 17.9. The van der Waals surface area contributed by atoms with Gasteiger partial charge < -0.3 is 15.5 Å². The van der Waals surface area contributed by atoms with E-state index in [1.807, 2.05) is 40.1 Å². The largest absolute Gasteiger partial charge is 0.342 e. The van der Waals surface area contributed by atoms with E-state index in [9.17, 15) is 9.59 Å². The summed E-state index contributed by atoms with van der Waals surface area (Å²) in [6.45, 7) is 3.28. The van der Waals surface area contributed by atoms with Crippen LogP contribution in [0, 0.1) is 5.92 Å². The van der Waals surface area contributed by atoms with Crippen LogP contribution in [0.5, 0.6) is 0 Å². The van der Waals surface area contributed by atoms with Crippen molar-refractivity contribution in [2.24, 2.45) is 11.7 Å². The molecule has 136 valence electrons. The van der Waals surface area contributed by atoms with Gasteiger partial charge in [0.25, 0.3) is 0 Å². The van der Waals surface area contributed by atoms with Gasteiger partial charge in [-0.1, -0.05) is 30.3 Å². The third-order valence-corrected chi connectivity index (χ3v) is 5.44. The third kappa shape index (κ3) is 4.82. The van der Waals surface area contributed by atoms with Crippen molar-refractivity contribution < 1.29 is 9.59 Å². The topological polar surface area (TPSA) is 66.6 Å². The SMILES string of the molecule is NC(Cc1ccccc1)C(=O)N1CCC(CN2CCCCC2=O)CC1. The molecule has 5 heteroatoms. The molecule has 2 aliphatic rings. The Bertz CT molecular complexity index is 582. The fraction of sp³-hybridized carbons (Fsp3) is 0.600. The minimum absolute atomic E-state index is 0.0522. The lowest BCUT2D eigenvalue weighted by atomic mass is 9.94. The van der Waals surface area contributed by atoms with E-state index in [1.165, 1.54) is 0 Å². The molecule has 0 radical (unpaired) electrons. The van der Waals surface area contributed by atoms with E-state index in [0.717, 1.165) is 57.4 Å². The van der Waals surface area contributed by atoms with Crippen LogP contribution in [-0.4, -0.2) is 53.8 Å². The molecule has 5 nitrogen and oxygen atoms in total. The van der Waals surface area contributed by atoms with Crippen molar-refractivity contribution in [3.63, 3.8) is 0 Å². The summed E-state index contributed by atoms with van der Waals surface area (Å²) < 4.78 is 0. The first-order valence-electron chi connectivity index (χ1n) is 9.49. The molecule has 25 heavy (non-hydrogen) atoms. The maximum Gasteiger partial charge on any atom is 0.239 e. The van der Waals surface area contributed by atoms with E-state index in [2.05, 4.69) is 0 Å². The number of nitrogens with two attached hydrogens (primary N) is 1. The first-order valence-corrected chi connectivity index (χ1v) is 9.49. The summed E-state index contributed by atoms with van der Waals surface area (Å²) in [5, 5.41) is 0. The number of amides is 2. The Morgan fingerprint density at radius 1 is 1.12 bits per heavy atom. The summed E-state index contributed by atoms with van der Waals surface area (Å²) in [4.78, 5) is 28.5. The predicted octanol–water partition coefficient (Wildman–Crippen LogP) is 1.81. The third-order valence-electron chi connectivity index (χ3n) is 5.44. The summed E-state index contributed by atoms with van der Waals surface area (Å²) in [5.74, 6) is 0.863. The Hall–Kier alpha value is -1.88. The van der Waals surface area contributed by atoms with Crippen molar-refractivity contribution in [2.45, 2.75) is 44.6 Å². The van der Waals surface area contributed by atoms with Crippen molar-refractivity contribution >= 4 is 11.8 Å². The van der Waals surface area contributed by atoms with Gasteiger partial charge in [-0.25, -0.2) is 0 Å². The average Bonchev–Trinajstić information content (AvgIpc) is 2.64. The molecule has 2 fully saturated rings. The molecule has 1 aromatic carbocycles. The van der Waals surface area contributed by atoms with E-state index in [0.29, 0.717) is 24.7 Å². The second-order valence-corrected chi connectivity index (χ2v) is 7.36.